The third kappa shape index (κ3) is 2.54. The third-order valence-corrected chi connectivity index (χ3v) is 5.19. The fraction of sp³-hybridized carbons (Fsp3) is 0.611. The van der Waals surface area contributed by atoms with E-state index in [1.54, 1.807) is 0 Å². The Balaban J connectivity index is 1.84. The Morgan fingerprint density at radius 1 is 1.25 bits per heavy atom. The molecule has 2 nitrogen and oxygen atoms in total. The molecule has 1 saturated carbocycles. The summed E-state index contributed by atoms with van der Waals surface area (Å²) in [5, 5.41) is 3.47. The summed E-state index contributed by atoms with van der Waals surface area (Å²) in [4.78, 5) is 13.0. The van der Waals surface area contributed by atoms with E-state index in [2.05, 4.69) is 36.5 Å². The first kappa shape index (κ1) is 13.8. The van der Waals surface area contributed by atoms with Crippen molar-refractivity contribution in [1.29, 1.82) is 0 Å². The molecule has 1 fully saturated rings. The Hall–Kier alpha value is -1.15. The summed E-state index contributed by atoms with van der Waals surface area (Å²) < 4.78 is 0. The van der Waals surface area contributed by atoms with Gasteiger partial charge in [-0.05, 0) is 36.3 Å². The normalized spacial score (nSPS) is 29.8. The van der Waals surface area contributed by atoms with Crippen molar-refractivity contribution in [2.24, 2.45) is 11.8 Å². The van der Waals surface area contributed by atoms with Gasteiger partial charge in [0, 0.05) is 12.5 Å². The second-order valence-electron chi connectivity index (χ2n) is 6.30. The average molecular weight is 271 g/mol. The van der Waals surface area contributed by atoms with Gasteiger partial charge in [0.15, 0.2) is 5.78 Å². The Morgan fingerprint density at radius 2 is 2.05 bits per heavy atom. The van der Waals surface area contributed by atoms with Crippen molar-refractivity contribution in [2.75, 3.05) is 6.54 Å². The van der Waals surface area contributed by atoms with Crippen LogP contribution < -0.4 is 5.32 Å². The highest BCUT2D eigenvalue weighted by Crippen LogP contribution is 2.37. The van der Waals surface area contributed by atoms with Gasteiger partial charge in [-0.25, -0.2) is 0 Å². The molecule has 2 heteroatoms. The van der Waals surface area contributed by atoms with E-state index in [-0.39, 0.29) is 12.0 Å². The number of Topliss-reactive ketones (excluding diaryl/α,β-unsaturated/α-hetero) is 1. The molecule has 1 aromatic carbocycles. The van der Waals surface area contributed by atoms with Gasteiger partial charge in [-0.1, -0.05) is 50.5 Å². The zero-order valence-corrected chi connectivity index (χ0v) is 12.4. The third-order valence-electron chi connectivity index (χ3n) is 5.19. The van der Waals surface area contributed by atoms with Gasteiger partial charge in [0.1, 0.15) is 0 Å². The van der Waals surface area contributed by atoms with Crippen molar-refractivity contribution >= 4 is 5.78 Å². The van der Waals surface area contributed by atoms with E-state index in [4.69, 9.17) is 0 Å². The molecule has 0 aromatic heterocycles. The van der Waals surface area contributed by atoms with Gasteiger partial charge in [-0.2, -0.15) is 0 Å². The standard InChI is InChI=1S/C18H25NO/c1-2-13-7-3-6-10-16(13)18(20)17-15-9-5-4-8-14(15)11-12-19-17/h4-5,8-9,13,16-17,19H,2-3,6-7,10-12H2,1H3. The zero-order chi connectivity index (χ0) is 13.9. The zero-order valence-electron chi connectivity index (χ0n) is 12.4. The average Bonchev–Trinajstić information content (AvgIpc) is 2.53. The van der Waals surface area contributed by atoms with Gasteiger partial charge >= 0.3 is 0 Å². The van der Waals surface area contributed by atoms with Crippen molar-refractivity contribution < 1.29 is 4.79 Å². The van der Waals surface area contributed by atoms with Crippen molar-refractivity contribution in [1.82, 2.24) is 5.32 Å². The maximum absolute atomic E-state index is 13.0. The minimum atomic E-state index is -0.0582. The molecule has 1 aliphatic carbocycles. The molecule has 1 aromatic rings. The first-order chi connectivity index (χ1) is 9.81. The van der Waals surface area contributed by atoms with Gasteiger partial charge in [-0.3, -0.25) is 4.79 Å². The molecule has 2 aliphatic rings. The van der Waals surface area contributed by atoms with E-state index in [1.807, 2.05) is 0 Å². The molecular formula is C18H25NO. The van der Waals surface area contributed by atoms with E-state index in [1.165, 1.54) is 30.4 Å². The lowest BCUT2D eigenvalue weighted by Gasteiger charge is -2.34. The maximum atomic E-state index is 13.0. The number of carbonyl (C=O) groups excluding carboxylic acids is 1. The van der Waals surface area contributed by atoms with E-state index in [9.17, 15) is 4.79 Å². The number of nitrogens with one attached hydrogen (secondary N) is 1. The van der Waals surface area contributed by atoms with Crippen LogP contribution >= 0.6 is 0 Å². The van der Waals surface area contributed by atoms with Crippen LogP contribution in [-0.4, -0.2) is 12.3 Å². The van der Waals surface area contributed by atoms with Crippen LogP contribution in [0.1, 0.15) is 56.2 Å². The number of rotatable bonds is 3. The Kier molecular flexibility index (Phi) is 4.21. The molecule has 108 valence electrons. The molecule has 1 N–H and O–H groups in total. The highest BCUT2D eigenvalue weighted by Gasteiger charge is 2.35. The van der Waals surface area contributed by atoms with Gasteiger partial charge in [-0.15, -0.1) is 0 Å². The molecule has 0 saturated heterocycles. The van der Waals surface area contributed by atoms with Crippen molar-refractivity contribution in [2.45, 2.75) is 51.5 Å². The van der Waals surface area contributed by atoms with E-state index < -0.39 is 0 Å². The lowest BCUT2D eigenvalue weighted by molar-refractivity contribution is -0.128. The predicted molar refractivity (Wildman–Crippen MR) is 81.6 cm³/mol. The van der Waals surface area contributed by atoms with Crippen LogP contribution in [0.25, 0.3) is 0 Å². The highest BCUT2D eigenvalue weighted by molar-refractivity contribution is 5.88. The van der Waals surface area contributed by atoms with Crippen molar-refractivity contribution in [3.05, 3.63) is 35.4 Å². The fourth-order valence-corrected chi connectivity index (χ4v) is 4.04. The van der Waals surface area contributed by atoms with E-state index in [0.29, 0.717) is 11.7 Å². The highest BCUT2D eigenvalue weighted by atomic mass is 16.1. The van der Waals surface area contributed by atoms with Gasteiger partial charge in [0.2, 0.25) is 0 Å². The topological polar surface area (TPSA) is 29.1 Å². The van der Waals surface area contributed by atoms with Crippen LogP contribution in [0.5, 0.6) is 0 Å². The molecule has 3 atom stereocenters. The van der Waals surface area contributed by atoms with Crippen LogP contribution in [0.15, 0.2) is 24.3 Å². The largest absolute Gasteiger partial charge is 0.303 e. The quantitative estimate of drug-likeness (QED) is 0.909. The smallest absolute Gasteiger partial charge is 0.157 e. The molecule has 0 radical (unpaired) electrons. The fourth-order valence-electron chi connectivity index (χ4n) is 4.04. The summed E-state index contributed by atoms with van der Waals surface area (Å²) in [5.74, 6) is 1.33. The van der Waals surface area contributed by atoms with Crippen LogP contribution in [-0.2, 0) is 11.2 Å². The summed E-state index contributed by atoms with van der Waals surface area (Å²) in [7, 11) is 0. The maximum Gasteiger partial charge on any atom is 0.157 e. The van der Waals surface area contributed by atoms with Crippen LogP contribution in [0.3, 0.4) is 0 Å². The van der Waals surface area contributed by atoms with E-state index >= 15 is 0 Å². The Labute approximate surface area is 122 Å². The summed E-state index contributed by atoms with van der Waals surface area (Å²) in [6.07, 6.45) is 7.05. The first-order valence-corrected chi connectivity index (χ1v) is 8.16. The minimum absolute atomic E-state index is 0.0582. The molecule has 1 aliphatic heterocycles. The SMILES string of the molecule is CCC1CCCCC1C(=O)C1NCCc2ccccc21. The molecule has 0 amide bonds. The number of ketones is 1. The molecule has 20 heavy (non-hydrogen) atoms. The molecular weight excluding hydrogens is 246 g/mol. The summed E-state index contributed by atoms with van der Waals surface area (Å²) in [5.41, 5.74) is 2.58. The van der Waals surface area contributed by atoms with Crippen LogP contribution in [0.2, 0.25) is 0 Å². The second kappa shape index (κ2) is 6.09. The molecule has 1 heterocycles. The van der Waals surface area contributed by atoms with Crippen LogP contribution in [0.4, 0.5) is 0 Å². The lowest BCUT2D eigenvalue weighted by atomic mass is 9.72. The van der Waals surface area contributed by atoms with E-state index in [0.717, 1.165) is 25.8 Å². The van der Waals surface area contributed by atoms with Gasteiger partial charge < -0.3 is 5.32 Å². The Bertz CT molecular complexity index is 482. The number of hydrogen-bond acceptors (Lipinski definition) is 2. The number of fused-ring (bicyclic) bond motifs is 1. The summed E-state index contributed by atoms with van der Waals surface area (Å²) >= 11 is 0. The monoisotopic (exact) mass is 271 g/mol. The minimum Gasteiger partial charge on any atom is -0.303 e. The Morgan fingerprint density at radius 3 is 2.90 bits per heavy atom. The molecule has 0 spiro atoms. The van der Waals surface area contributed by atoms with Crippen molar-refractivity contribution in [3.8, 4) is 0 Å². The summed E-state index contributed by atoms with van der Waals surface area (Å²) in [6.45, 7) is 3.16. The molecule has 0 bridgehead atoms. The number of carbonyl (C=O) groups is 1. The van der Waals surface area contributed by atoms with Gasteiger partial charge in [0.05, 0.1) is 6.04 Å². The first-order valence-electron chi connectivity index (χ1n) is 8.16. The van der Waals surface area contributed by atoms with Crippen LogP contribution in [0, 0.1) is 11.8 Å². The summed E-state index contributed by atoms with van der Waals surface area (Å²) in [6, 6.07) is 8.39. The lowest BCUT2D eigenvalue weighted by Crippen LogP contribution is -2.40. The molecule has 3 unspecified atom stereocenters. The van der Waals surface area contributed by atoms with Gasteiger partial charge in [0.25, 0.3) is 0 Å². The van der Waals surface area contributed by atoms with Crippen molar-refractivity contribution in [3.63, 3.8) is 0 Å². The number of benzene rings is 1. The molecule has 3 rings (SSSR count). The predicted octanol–water partition coefficient (Wildman–Crippen LogP) is 3.66. The number of hydrogen-bond donors (Lipinski definition) is 1. The second-order valence-corrected chi connectivity index (χ2v) is 6.30.